The summed E-state index contributed by atoms with van der Waals surface area (Å²) in [7, 11) is 0. The van der Waals surface area contributed by atoms with Crippen LogP contribution in [0.25, 0.3) is 23.0 Å². The fourth-order valence-electron chi connectivity index (χ4n) is 3.42. The van der Waals surface area contributed by atoms with Crippen LogP contribution in [-0.4, -0.2) is 33.9 Å². The van der Waals surface area contributed by atoms with Gasteiger partial charge in [-0.1, -0.05) is 18.2 Å². The molecule has 0 atom stereocenters. The molecule has 32 heavy (non-hydrogen) atoms. The van der Waals surface area contributed by atoms with Crippen LogP contribution in [-0.2, 0) is 4.79 Å². The zero-order valence-electron chi connectivity index (χ0n) is 17.1. The number of para-hydroxylation sites is 1. The van der Waals surface area contributed by atoms with E-state index in [1.54, 1.807) is 35.3 Å². The number of benzene rings is 2. The number of rotatable bonds is 5. The second-order valence-corrected chi connectivity index (χ2v) is 7.14. The van der Waals surface area contributed by atoms with Gasteiger partial charge >= 0.3 is 0 Å². The van der Waals surface area contributed by atoms with Crippen molar-refractivity contribution in [1.29, 1.82) is 0 Å². The van der Waals surface area contributed by atoms with Crippen LogP contribution < -0.4 is 14.8 Å². The number of hydrogen-bond acceptors (Lipinski definition) is 5. The molecule has 0 unspecified atom stereocenters. The Morgan fingerprint density at radius 3 is 2.66 bits per heavy atom. The smallest absolute Gasteiger partial charge is 0.248 e. The van der Waals surface area contributed by atoms with Gasteiger partial charge in [0.2, 0.25) is 5.91 Å². The molecule has 2 aromatic heterocycles. The molecule has 0 saturated carbocycles. The van der Waals surface area contributed by atoms with Gasteiger partial charge in [-0.3, -0.25) is 9.78 Å². The van der Waals surface area contributed by atoms with Crippen molar-refractivity contribution < 1.29 is 14.3 Å². The third-order valence-electron chi connectivity index (χ3n) is 4.92. The first-order chi connectivity index (χ1) is 15.8. The van der Waals surface area contributed by atoms with Crippen molar-refractivity contribution in [2.75, 3.05) is 18.5 Å². The maximum Gasteiger partial charge on any atom is 0.248 e. The van der Waals surface area contributed by atoms with E-state index in [9.17, 15) is 4.79 Å². The summed E-state index contributed by atoms with van der Waals surface area (Å²) in [5.74, 6) is 1.15. The van der Waals surface area contributed by atoms with Crippen LogP contribution in [0.15, 0.2) is 85.3 Å². The van der Waals surface area contributed by atoms with Crippen molar-refractivity contribution >= 4 is 17.7 Å². The lowest BCUT2D eigenvalue weighted by molar-refractivity contribution is -0.111. The number of anilines is 1. The van der Waals surface area contributed by atoms with Crippen molar-refractivity contribution in [2.45, 2.75) is 0 Å². The minimum atomic E-state index is -0.251. The number of ether oxygens (including phenoxy) is 2. The molecule has 2 aromatic carbocycles. The average Bonchev–Trinajstić information content (AvgIpc) is 3.28. The third kappa shape index (κ3) is 4.22. The van der Waals surface area contributed by atoms with Gasteiger partial charge < -0.3 is 14.8 Å². The van der Waals surface area contributed by atoms with Gasteiger partial charge in [-0.25, -0.2) is 4.68 Å². The molecule has 1 aliphatic heterocycles. The Morgan fingerprint density at radius 1 is 1.00 bits per heavy atom. The lowest BCUT2D eigenvalue weighted by Gasteiger charge is -2.18. The first-order valence-corrected chi connectivity index (χ1v) is 10.2. The summed E-state index contributed by atoms with van der Waals surface area (Å²) >= 11 is 0. The summed E-state index contributed by atoms with van der Waals surface area (Å²) in [6.45, 7) is 1.05. The number of pyridine rings is 1. The topological polar surface area (TPSA) is 78.3 Å². The summed E-state index contributed by atoms with van der Waals surface area (Å²) < 4.78 is 13.2. The summed E-state index contributed by atoms with van der Waals surface area (Å²) in [6.07, 6.45) is 8.39. The molecular formula is C25H20N4O3. The van der Waals surface area contributed by atoms with E-state index >= 15 is 0 Å². The number of fused-ring (bicyclic) bond motifs is 1. The van der Waals surface area contributed by atoms with Crippen molar-refractivity contribution in [3.05, 3.63) is 90.9 Å². The van der Waals surface area contributed by atoms with Gasteiger partial charge in [-0.05, 0) is 48.5 Å². The molecule has 1 amide bonds. The lowest BCUT2D eigenvalue weighted by atomic mass is 10.1. The predicted molar refractivity (Wildman–Crippen MR) is 122 cm³/mol. The SMILES string of the molecule is O=C(/C=C/c1cn(-c2ccccc2)nc1-c1ccc2c(c1)OCCO2)Nc1cccnc1. The lowest BCUT2D eigenvalue weighted by Crippen LogP contribution is -2.15. The van der Waals surface area contributed by atoms with Gasteiger partial charge in [0.15, 0.2) is 11.5 Å². The molecule has 5 rings (SSSR count). The second kappa shape index (κ2) is 8.77. The number of aromatic nitrogens is 3. The quantitative estimate of drug-likeness (QED) is 0.482. The monoisotopic (exact) mass is 424 g/mol. The van der Waals surface area contributed by atoms with E-state index in [2.05, 4.69) is 10.3 Å². The standard InChI is InChI=1S/C25H20N4O3/c30-24(27-20-5-4-12-26-16-20)11-9-19-17-29(21-6-2-1-3-7-21)28-25(19)18-8-10-22-23(15-18)32-14-13-31-22/h1-12,15-17H,13-14H2,(H,27,30)/b11-9+. The van der Waals surface area contributed by atoms with Crippen LogP contribution in [0, 0.1) is 0 Å². The van der Waals surface area contributed by atoms with Gasteiger partial charge in [-0.2, -0.15) is 5.10 Å². The Labute approximate surface area is 184 Å². The minimum Gasteiger partial charge on any atom is -0.486 e. The van der Waals surface area contributed by atoms with Crippen LogP contribution in [0.2, 0.25) is 0 Å². The van der Waals surface area contributed by atoms with Gasteiger partial charge in [0.25, 0.3) is 0 Å². The normalized spacial score (nSPS) is 12.6. The van der Waals surface area contributed by atoms with Gasteiger partial charge in [0.05, 0.1) is 17.6 Å². The zero-order valence-corrected chi connectivity index (χ0v) is 17.1. The first kappa shape index (κ1) is 19.6. The van der Waals surface area contributed by atoms with E-state index in [1.807, 2.05) is 54.7 Å². The molecule has 0 spiro atoms. The molecule has 0 radical (unpaired) electrons. The molecule has 3 heterocycles. The van der Waals surface area contributed by atoms with Crippen LogP contribution in [0.1, 0.15) is 5.56 Å². The third-order valence-corrected chi connectivity index (χ3v) is 4.92. The molecule has 0 fully saturated rings. The summed E-state index contributed by atoms with van der Waals surface area (Å²) in [6, 6.07) is 19.1. The second-order valence-electron chi connectivity index (χ2n) is 7.14. The van der Waals surface area contributed by atoms with Gasteiger partial charge in [0.1, 0.15) is 18.9 Å². The number of carbonyl (C=O) groups is 1. The fraction of sp³-hybridized carbons (Fsp3) is 0.0800. The summed E-state index contributed by atoms with van der Waals surface area (Å²) in [5, 5.41) is 7.59. The van der Waals surface area contributed by atoms with Gasteiger partial charge in [-0.15, -0.1) is 0 Å². The fourth-order valence-corrected chi connectivity index (χ4v) is 3.42. The van der Waals surface area contributed by atoms with Crippen molar-refractivity contribution in [3.8, 4) is 28.4 Å². The predicted octanol–water partition coefficient (Wildman–Crippen LogP) is 4.36. The molecule has 0 aliphatic carbocycles. The number of amides is 1. The number of carbonyl (C=O) groups excluding carboxylic acids is 1. The summed E-state index contributed by atoms with van der Waals surface area (Å²) in [4.78, 5) is 16.4. The molecule has 0 saturated heterocycles. The Balaban J connectivity index is 1.49. The zero-order chi connectivity index (χ0) is 21.8. The molecule has 0 bridgehead atoms. The van der Waals surface area contributed by atoms with E-state index in [4.69, 9.17) is 14.6 Å². The van der Waals surface area contributed by atoms with Crippen molar-refractivity contribution in [1.82, 2.24) is 14.8 Å². The highest BCUT2D eigenvalue weighted by Gasteiger charge is 2.16. The maximum absolute atomic E-state index is 12.4. The molecule has 1 aliphatic rings. The van der Waals surface area contributed by atoms with Crippen LogP contribution >= 0.6 is 0 Å². The minimum absolute atomic E-state index is 0.251. The van der Waals surface area contributed by atoms with E-state index in [0.717, 1.165) is 28.3 Å². The van der Waals surface area contributed by atoms with Crippen LogP contribution in [0.3, 0.4) is 0 Å². The van der Waals surface area contributed by atoms with E-state index in [1.165, 1.54) is 6.08 Å². The summed E-state index contributed by atoms with van der Waals surface area (Å²) in [5.41, 5.74) is 3.96. The Bertz CT molecular complexity index is 1270. The maximum atomic E-state index is 12.4. The average molecular weight is 424 g/mol. The van der Waals surface area contributed by atoms with Crippen LogP contribution in [0.5, 0.6) is 11.5 Å². The molecule has 158 valence electrons. The Morgan fingerprint density at radius 2 is 1.84 bits per heavy atom. The highest BCUT2D eigenvalue weighted by Crippen LogP contribution is 2.35. The van der Waals surface area contributed by atoms with Gasteiger partial charge in [0, 0.05) is 29.6 Å². The first-order valence-electron chi connectivity index (χ1n) is 10.2. The number of nitrogens with zero attached hydrogens (tertiary/aromatic N) is 3. The number of hydrogen-bond donors (Lipinski definition) is 1. The molecule has 4 aromatic rings. The molecular weight excluding hydrogens is 404 g/mol. The molecule has 1 N–H and O–H groups in total. The van der Waals surface area contributed by atoms with Crippen molar-refractivity contribution in [3.63, 3.8) is 0 Å². The molecule has 7 nitrogen and oxygen atoms in total. The van der Waals surface area contributed by atoms with Crippen molar-refractivity contribution in [2.24, 2.45) is 0 Å². The van der Waals surface area contributed by atoms with E-state index in [0.29, 0.717) is 24.7 Å². The highest BCUT2D eigenvalue weighted by atomic mass is 16.6. The Hall–Kier alpha value is -4.39. The Kier molecular flexibility index (Phi) is 5.36. The largest absolute Gasteiger partial charge is 0.486 e. The van der Waals surface area contributed by atoms with Crippen LogP contribution in [0.4, 0.5) is 5.69 Å². The van der Waals surface area contributed by atoms with E-state index < -0.39 is 0 Å². The molecule has 7 heteroatoms. The highest BCUT2D eigenvalue weighted by molar-refractivity contribution is 6.02. The number of nitrogens with one attached hydrogen (secondary N) is 1. The van der Waals surface area contributed by atoms with E-state index in [-0.39, 0.29) is 5.91 Å².